The van der Waals surface area contributed by atoms with Gasteiger partial charge >= 0.3 is 0 Å². The molecule has 124 valence electrons. The number of fused-ring (bicyclic) bond motifs is 4. The molecule has 5 nitrogen and oxygen atoms in total. The van der Waals surface area contributed by atoms with Crippen molar-refractivity contribution in [2.75, 3.05) is 38.2 Å². The molecule has 1 unspecified atom stereocenters. The first-order chi connectivity index (χ1) is 11.1. The standard InChI is InChI=1S/C17H22FN3O2/c1-20-6-7-23-16-13(9-12(18)10-14(16)20)17(22)19-15-8-11-2-4-21(15)5-3-11/h9-11,15H,2-8H2,1H3,(H,19,22). The summed E-state index contributed by atoms with van der Waals surface area (Å²) >= 11 is 0. The summed E-state index contributed by atoms with van der Waals surface area (Å²) in [6, 6.07) is 2.71. The maximum absolute atomic E-state index is 13.9. The lowest BCUT2D eigenvalue weighted by Crippen LogP contribution is -2.56. The zero-order valence-corrected chi connectivity index (χ0v) is 13.3. The zero-order valence-electron chi connectivity index (χ0n) is 13.3. The van der Waals surface area contributed by atoms with E-state index in [0.717, 1.165) is 19.5 Å². The van der Waals surface area contributed by atoms with Gasteiger partial charge in [-0.2, -0.15) is 0 Å². The minimum Gasteiger partial charge on any atom is -0.489 e. The number of nitrogens with one attached hydrogen (secondary N) is 1. The monoisotopic (exact) mass is 319 g/mol. The Morgan fingerprint density at radius 2 is 2.09 bits per heavy atom. The Kier molecular flexibility index (Phi) is 3.64. The summed E-state index contributed by atoms with van der Waals surface area (Å²) in [7, 11) is 1.88. The van der Waals surface area contributed by atoms with E-state index in [1.807, 2.05) is 11.9 Å². The highest BCUT2D eigenvalue weighted by Crippen LogP contribution is 2.36. The average molecular weight is 319 g/mol. The predicted octanol–water partition coefficient (Wildman–Crippen LogP) is 1.83. The molecule has 4 aliphatic rings. The second kappa shape index (κ2) is 5.67. The molecule has 1 aromatic carbocycles. The molecule has 4 aliphatic heterocycles. The van der Waals surface area contributed by atoms with Crippen LogP contribution in [0.5, 0.6) is 5.75 Å². The largest absolute Gasteiger partial charge is 0.489 e. The third-order valence-electron chi connectivity index (χ3n) is 5.31. The van der Waals surface area contributed by atoms with E-state index in [4.69, 9.17) is 4.74 Å². The third-order valence-corrected chi connectivity index (χ3v) is 5.31. The molecule has 4 heterocycles. The number of anilines is 1. The van der Waals surface area contributed by atoms with Gasteiger partial charge in [0.05, 0.1) is 24.0 Å². The predicted molar refractivity (Wildman–Crippen MR) is 85.3 cm³/mol. The van der Waals surface area contributed by atoms with Gasteiger partial charge in [-0.3, -0.25) is 9.69 Å². The second-order valence-electron chi connectivity index (χ2n) is 6.78. The minimum absolute atomic E-state index is 0.0650. The molecule has 0 spiro atoms. The van der Waals surface area contributed by atoms with Crippen molar-refractivity contribution in [1.29, 1.82) is 0 Å². The summed E-state index contributed by atoms with van der Waals surface area (Å²) in [4.78, 5) is 17.0. The number of hydrogen-bond donors (Lipinski definition) is 1. The maximum atomic E-state index is 13.9. The fourth-order valence-corrected chi connectivity index (χ4v) is 3.93. The molecule has 0 aliphatic carbocycles. The van der Waals surface area contributed by atoms with Crippen LogP contribution in [0.4, 0.5) is 10.1 Å². The number of carbonyl (C=O) groups excluding carboxylic acids is 1. The number of amides is 1. The smallest absolute Gasteiger partial charge is 0.256 e. The first kappa shape index (κ1) is 14.8. The first-order valence-corrected chi connectivity index (χ1v) is 8.34. The highest BCUT2D eigenvalue weighted by Gasteiger charge is 2.35. The summed E-state index contributed by atoms with van der Waals surface area (Å²) < 4.78 is 19.6. The van der Waals surface area contributed by atoms with Crippen LogP contribution in [0.1, 0.15) is 29.6 Å². The van der Waals surface area contributed by atoms with E-state index < -0.39 is 5.82 Å². The molecule has 1 N–H and O–H groups in total. The molecule has 0 aromatic heterocycles. The number of ether oxygens (including phenoxy) is 1. The number of hydrogen-bond acceptors (Lipinski definition) is 4. The number of benzene rings is 1. The van der Waals surface area contributed by atoms with Crippen LogP contribution in [0, 0.1) is 11.7 Å². The molecule has 1 aromatic rings. The van der Waals surface area contributed by atoms with Gasteiger partial charge in [-0.25, -0.2) is 4.39 Å². The van der Waals surface area contributed by atoms with Gasteiger partial charge in [0.15, 0.2) is 5.75 Å². The Morgan fingerprint density at radius 1 is 1.30 bits per heavy atom. The van der Waals surface area contributed by atoms with Crippen LogP contribution in [0.15, 0.2) is 12.1 Å². The van der Waals surface area contributed by atoms with Gasteiger partial charge in [0.1, 0.15) is 12.4 Å². The topological polar surface area (TPSA) is 44.8 Å². The first-order valence-electron chi connectivity index (χ1n) is 8.34. The van der Waals surface area contributed by atoms with Gasteiger partial charge in [0, 0.05) is 26.2 Å². The molecule has 0 radical (unpaired) electrons. The van der Waals surface area contributed by atoms with Crippen molar-refractivity contribution in [1.82, 2.24) is 10.2 Å². The summed E-state index contributed by atoms with van der Waals surface area (Å²) in [5.74, 6) is 0.549. The van der Waals surface area contributed by atoms with Crippen molar-refractivity contribution in [3.05, 3.63) is 23.5 Å². The maximum Gasteiger partial charge on any atom is 0.256 e. The lowest BCUT2D eigenvalue weighted by atomic mass is 9.86. The minimum atomic E-state index is -0.406. The van der Waals surface area contributed by atoms with Crippen LogP contribution in [-0.4, -0.2) is 50.3 Å². The van der Waals surface area contributed by atoms with E-state index in [1.165, 1.54) is 25.0 Å². The van der Waals surface area contributed by atoms with Crippen LogP contribution in [0.3, 0.4) is 0 Å². The van der Waals surface area contributed by atoms with Crippen molar-refractivity contribution in [3.63, 3.8) is 0 Å². The lowest BCUT2D eigenvalue weighted by Gasteiger charge is -2.45. The van der Waals surface area contributed by atoms with Gasteiger partial charge in [-0.15, -0.1) is 0 Å². The molecular weight excluding hydrogens is 297 g/mol. The van der Waals surface area contributed by atoms with Gasteiger partial charge in [0.25, 0.3) is 5.91 Å². The summed E-state index contributed by atoms with van der Waals surface area (Å²) in [5.41, 5.74) is 0.945. The van der Waals surface area contributed by atoms with E-state index in [2.05, 4.69) is 10.2 Å². The van der Waals surface area contributed by atoms with E-state index in [9.17, 15) is 9.18 Å². The molecule has 3 fully saturated rings. The molecule has 23 heavy (non-hydrogen) atoms. The van der Waals surface area contributed by atoms with Crippen LogP contribution in [0.25, 0.3) is 0 Å². The van der Waals surface area contributed by atoms with Crippen molar-refractivity contribution in [2.24, 2.45) is 5.92 Å². The fraction of sp³-hybridized carbons (Fsp3) is 0.588. The average Bonchev–Trinajstić information content (AvgIpc) is 2.56. The number of halogens is 1. The van der Waals surface area contributed by atoms with Gasteiger partial charge in [-0.05, 0) is 31.2 Å². The Morgan fingerprint density at radius 3 is 2.78 bits per heavy atom. The molecule has 2 bridgehead atoms. The number of carbonyl (C=O) groups is 1. The Hall–Kier alpha value is -1.82. The molecule has 6 heteroatoms. The van der Waals surface area contributed by atoms with E-state index in [1.54, 1.807) is 0 Å². The third kappa shape index (κ3) is 2.65. The number of piperidine rings is 3. The SMILES string of the molecule is CN1CCOc2c(C(=O)NC3CC4CCN3CC4)cc(F)cc21. The summed E-state index contributed by atoms with van der Waals surface area (Å²) in [6.07, 6.45) is 3.49. The number of likely N-dealkylation sites (N-methyl/N-ethyl adjacent to an activating group) is 1. The normalized spacial score (nSPS) is 29.0. The quantitative estimate of drug-likeness (QED) is 0.903. The van der Waals surface area contributed by atoms with Gasteiger partial charge < -0.3 is 15.0 Å². The van der Waals surface area contributed by atoms with E-state index in [0.29, 0.717) is 36.1 Å². The number of nitrogens with zero attached hydrogens (tertiary/aromatic N) is 2. The van der Waals surface area contributed by atoms with Crippen LogP contribution >= 0.6 is 0 Å². The lowest BCUT2D eigenvalue weighted by molar-refractivity contribution is 0.0294. The molecular formula is C17H22FN3O2. The van der Waals surface area contributed by atoms with Crippen LogP contribution < -0.4 is 15.0 Å². The van der Waals surface area contributed by atoms with Gasteiger partial charge in [0.2, 0.25) is 0 Å². The molecule has 0 saturated carbocycles. The van der Waals surface area contributed by atoms with Crippen molar-refractivity contribution >= 4 is 11.6 Å². The molecule has 5 rings (SSSR count). The van der Waals surface area contributed by atoms with Crippen LogP contribution in [-0.2, 0) is 0 Å². The molecule has 1 amide bonds. The van der Waals surface area contributed by atoms with E-state index in [-0.39, 0.29) is 12.1 Å². The Labute approximate surface area is 135 Å². The van der Waals surface area contributed by atoms with Crippen molar-refractivity contribution < 1.29 is 13.9 Å². The van der Waals surface area contributed by atoms with Crippen molar-refractivity contribution in [3.8, 4) is 5.75 Å². The molecule has 1 atom stereocenters. The van der Waals surface area contributed by atoms with Gasteiger partial charge in [-0.1, -0.05) is 0 Å². The Balaban J connectivity index is 1.59. The summed E-state index contributed by atoms with van der Waals surface area (Å²) in [6.45, 7) is 3.27. The highest BCUT2D eigenvalue weighted by atomic mass is 19.1. The summed E-state index contributed by atoms with van der Waals surface area (Å²) in [5, 5.41) is 3.08. The van der Waals surface area contributed by atoms with E-state index >= 15 is 0 Å². The fourth-order valence-electron chi connectivity index (χ4n) is 3.93. The van der Waals surface area contributed by atoms with Crippen molar-refractivity contribution in [2.45, 2.75) is 25.4 Å². The highest BCUT2D eigenvalue weighted by molar-refractivity contribution is 5.99. The zero-order chi connectivity index (χ0) is 16.0. The van der Waals surface area contributed by atoms with Crippen LogP contribution in [0.2, 0.25) is 0 Å². The second-order valence-corrected chi connectivity index (χ2v) is 6.78. The molecule has 3 saturated heterocycles. The Bertz CT molecular complexity index is 629. The number of rotatable bonds is 2.